The second kappa shape index (κ2) is 7.41. The Morgan fingerprint density at radius 2 is 2.00 bits per heavy atom. The van der Waals surface area contributed by atoms with E-state index in [-0.39, 0.29) is 12.5 Å². The third kappa shape index (κ3) is 4.62. The van der Waals surface area contributed by atoms with Crippen LogP contribution in [0.3, 0.4) is 0 Å². The first-order valence-electron chi connectivity index (χ1n) is 7.37. The van der Waals surface area contributed by atoms with Crippen molar-refractivity contribution in [1.29, 1.82) is 0 Å². The van der Waals surface area contributed by atoms with Crippen LogP contribution in [-0.4, -0.2) is 30.6 Å². The summed E-state index contributed by atoms with van der Waals surface area (Å²) in [5.41, 5.74) is 2.01. The molecule has 1 aliphatic rings. The molecular formula is C16H24N2O2. The van der Waals surface area contributed by atoms with E-state index >= 15 is 0 Å². The number of aliphatic hydroxyl groups excluding tert-OH is 1. The number of aliphatic hydroxyl groups is 1. The summed E-state index contributed by atoms with van der Waals surface area (Å²) in [7, 11) is 0. The van der Waals surface area contributed by atoms with E-state index in [1.165, 1.54) is 0 Å². The largest absolute Gasteiger partial charge is 0.387 e. The van der Waals surface area contributed by atoms with Crippen LogP contribution in [-0.2, 0) is 4.79 Å². The number of aryl methyl sites for hydroxylation is 1. The predicted octanol–water partition coefficient (Wildman–Crippen LogP) is 1.53. The molecule has 1 saturated heterocycles. The summed E-state index contributed by atoms with van der Waals surface area (Å²) in [4.78, 5) is 11.9. The molecule has 1 amide bonds. The highest BCUT2D eigenvalue weighted by Gasteiger charge is 2.17. The Kier molecular flexibility index (Phi) is 5.56. The maximum absolute atomic E-state index is 11.9. The van der Waals surface area contributed by atoms with Crippen molar-refractivity contribution in [2.75, 3.05) is 19.6 Å². The van der Waals surface area contributed by atoms with Crippen LogP contribution in [0.1, 0.15) is 36.5 Å². The third-order valence-corrected chi connectivity index (χ3v) is 3.89. The van der Waals surface area contributed by atoms with Crippen LogP contribution in [0.4, 0.5) is 0 Å². The van der Waals surface area contributed by atoms with E-state index in [0.717, 1.165) is 37.1 Å². The number of nitrogens with one attached hydrogen (secondary N) is 2. The highest BCUT2D eigenvalue weighted by atomic mass is 16.3. The zero-order chi connectivity index (χ0) is 14.4. The number of amides is 1. The number of benzene rings is 1. The number of hydrogen-bond acceptors (Lipinski definition) is 3. The molecule has 1 aromatic carbocycles. The molecule has 1 atom stereocenters. The van der Waals surface area contributed by atoms with Crippen molar-refractivity contribution < 1.29 is 9.90 Å². The second-order valence-corrected chi connectivity index (χ2v) is 5.63. The molecule has 4 nitrogen and oxygen atoms in total. The Bertz CT molecular complexity index is 425. The van der Waals surface area contributed by atoms with Crippen LogP contribution in [0.2, 0.25) is 0 Å². The zero-order valence-corrected chi connectivity index (χ0v) is 12.1. The van der Waals surface area contributed by atoms with Crippen molar-refractivity contribution in [3.8, 4) is 0 Å². The molecule has 0 saturated carbocycles. The molecule has 1 fully saturated rings. The van der Waals surface area contributed by atoms with Crippen LogP contribution in [0.5, 0.6) is 0 Å². The molecule has 3 N–H and O–H groups in total. The maximum Gasteiger partial charge on any atom is 0.220 e. The molecule has 1 aromatic rings. The van der Waals surface area contributed by atoms with Gasteiger partial charge in [0.2, 0.25) is 5.91 Å². The van der Waals surface area contributed by atoms with Crippen LogP contribution in [0.15, 0.2) is 24.3 Å². The van der Waals surface area contributed by atoms with E-state index in [1.807, 2.05) is 31.2 Å². The first-order chi connectivity index (χ1) is 9.65. The molecule has 1 heterocycles. The van der Waals surface area contributed by atoms with Gasteiger partial charge in [0.1, 0.15) is 0 Å². The van der Waals surface area contributed by atoms with Gasteiger partial charge in [-0.25, -0.2) is 0 Å². The minimum absolute atomic E-state index is 0.0445. The summed E-state index contributed by atoms with van der Waals surface area (Å²) < 4.78 is 0. The van der Waals surface area contributed by atoms with Gasteiger partial charge in [-0.15, -0.1) is 0 Å². The lowest BCUT2D eigenvalue weighted by Crippen LogP contribution is -2.33. The molecule has 110 valence electrons. The van der Waals surface area contributed by atoms with Gasteiger partial charge in [-0.3, -0.25) is 4.79 Å². The SMILES string of the molecule is Cc1ccc(C(O)CNC(=O)CC2CCNCC2)cc1. The fourth-order valence-corrected chi connectivity index (χ4v) is 2.54. The Morgan fingerprint density at radius 3 is 2.65 bits per heavy atom. The summed E-state index contributed by atoms with van der Waals surface area (Å²) in [5.74, 6) is 0.524. The normalized spacial score (nSPS) is 17.7. The topological polar surface area (TPSA) is 61.4 Å². The molecule has 20 heavy (non-hydrogen) atoms. The lowest BCUT2D eigenvalue weighted by molar-refractivity contribution is -0.122. The zero-order valence-electron chi connectivity index (χ0n) is 12.1. The van der Waals surface area contributed by atoms with Gasteiger partial charge in [0.15, 0.2) is 0 Å². The summed E-state index contributed by atoms with van der Waals surface area (Å²) in [6.45, 7) is 4.30. The fraction of sp³-hybridized carbons (Fsp3) is 0.562. The van der Waals surface area contributed by atoms with Gasteiger partial charge in [-0.1, -0.05) is 29.8 Å². The highest BCUT2D eigenvalue weighted by Crippen LogP contribution is 2.16. The van der Waals surface area contributed by atoms with Gasteiger partial charge >= 0.3 is 0 Å². The molecule has 0 bridgehead atoms. The Labute approximate surface area is 120 Å². The van der Waals surface area contributed by atoms with E-state index in [0.29, 0.717) is 12.3 Å². The minimum atomic E-state index is -0.632. The van der Waals surface area contributed by atoms with Crippen LogP contribution in [0, 0.1) is 12.8 Å². The molecule has 4 heteroatoms. The van der Waals surface area contributed by atoms with E-state index in [2.05, 4.69) is 10.6 Å². The van der Waals surface area contributed by atoms with Crippen molar-refractivity contribution in [3.63, 3.8) is 0 Å². The van der Waals surface area contributed by atoms with Gasteiger partial charge in [0, 0.05) is 13.0 Å². The number of carbonyl (C=O) groups is 1. The average molecular weight is 276 g/mol. The second-order valence-electron chi connectivity index (χ2n) is 5.63. The summed E-state index contributed by atoms with van der Waals surface area (Å²) >= 11 is 0. The first kappa shape index (κ1) is 15.0. The first-order valence-corrected chi connectivity index (χ1v) is 7.37. The molecule has 0 aliphatic carbocycles. The lowest BCUT2D eigenvalue weighted by Gasteiger charge is -2.22. The predicted molar refractivity (Wildman–Crippen MR) is 79.4 cm³/mol. The van der Waals surface area contributed by atoms with Gasteiger partial charge in [-0.2, -0.15) is 0 Å². The van der Waals surface area contributed by atoms with Gasteiger partial charge < -0.3 is 15.7 Å². The van der Waals surface area contributed by atoms with E-state index in [4.69, 9.17) is 0 Å². The van der Waals surface area contributed by atoms with Gasteiger partial charge in [-0.05, 0) is 44.3 Å². The monoisotopic (exact) mass is 276 g/mol. The quantitative estimate of drug-likeness (QED) is 0.764. The van der Waals surface area contributed by atoms with Crippen molar-refractivity contribution in [3.05, 3.63) is 35.4 Å². The molecule has 0 aromatic heterocycles. The van der Waals surface area contributed by atoms with Crippen molar-refractivity contribution in [2.45, 2.75) is 32.3 Å². The lowest BCUT2D eigenvalue weighted by atomic mass is 9.94. The van der Waals surface area contributed by atoms with Crippen LogP contribution < -0.4 is 10.6 Å². The fourth-order valence-electron chi connectivity index (χ4n) is 2.54. The standard InChI is InChI=1S/C16H24N2O2/c1-12-2-4-14(5-3-12)15(19)11-18-16(20)10-13-6-8-17-9-7-13/h2-5,13,15,17,19H,6-11H2,1H3,(H,18,20). The Balaban J connectivity index is 1.73. The molecule has 0 radical (unpaired) electrons. The third-order valence-electron chi connectivity index (χ3n) is 3.89. The van der Waals surface area contributed by atoms with E-state index in [1.54, 1.807) is 0 Å². The van der Waals surface area contributed by atoms with E-state index in [9.17, 15) is 9.90 Å². The van der Waals surface area contributed by atoms with Crippen LogP contribution >= 0.6 is 0 Å². The van der Waals surface area contributed by atoms with Gasteiger partial charge in [0.05, 0.1) is 6.10 Å². The van der Waals surface area contributed by atoms with Crippen molar-refractivity contribution in [2.24, 2.45) is 5.92 Å². The summed E-state index contributed by atoms with van der Waals surface area (Å²) in [5, 5.41) is 16.2. The number of carbonyl (C=O) groups excluding carboxylic acids is 1. The average Bonchev–Trinajstić information content (AvgIpc) is 2.46. The number of hydrogen-bond donors (Lipinski definition) is 3. The maximum atomic E-state index is 11.9. The van der Waals surface area contributed by atoms with Crippen LogP contribution in [0.25, 0.3) is 0 Å². The van der Waals surface area contributed by atoms with Gasteiger partial charge in [0.25, 0.3) is 0 Å². The smallest absolute Gasteiger partial charge is 0.220 e. The Morgan fingerprint density at radius 1 is 1.35 bits per heavy atom. The molecule has 1 aliphatic heterocycles. The van der Waals surface area contributed by atoms with E-state index < -0.39 is 6.10 Å². The molecule has 2 rings (SSSR count). The van der Waals surface area contributed by atoms with Crippen molar-refractivity contribution in [1.82, 2.24) is 10.6 Å². The van der Waals surface area contributed by atoms with Crippen molar-refractivity contribution >= 4 is 5.91 Å². The Hall–Kier alpha value is -1.39. The number of rotatable bonds is 5. The molecular weight excluding hydrogens is 252 g/mol. The molecule has 1 unspecified atom stereocenters. The molecule has 0 spiro atoms. The summed E-state index contributed by atoms with van der Waals surface area (Å²) in [6, 6.07) is 7.74. The summed E-state index contributed by atoms with van der Waals surface area (Å²) in [6.07, 6.45) is 2.07. The number of piperidine rings is 1. The minimum Gasteiger partial charge on any atom is -0.387 e. The highest BCUT2D eigenvalue weighted by molar-refractivity contribution is 5.76.